The van der Waals surface area contributed by atoms with E-state index in [1.165, 1.54) is 0 Å². The van der Waals surface area contributed by atoms with Crippen molar-refractivity contribution in [3.63, 3.8) is 0 Å². The summed E-state index contributed by atoms with van der Waals surface area (Å²) in [5.74, 6) is 0. The minimum absolute atomic E-state index is 0.572. The van der Waals surface area contributed by atoms with Crippen molar-refractivity contribution in [2.75, 3.05) is 0 Å². The molecule has 0 unspecified atom stereocenters. The first-order valence-corrected chi connectivity index (χ1v) is 14.5. The number of aromatic amines is 2. The van der Waals surface area contributed by atoms with Crippen LogP contribution < -0.4 is 0 Å². The summed E-state index contributed by atoms with van der Waals surface area (Å²) in [6.45, 7) is 0. The predicted molar refractivity (Wildman–Crippen MR) is 175 cm³/mol. The number of nitrogens with one attached hydrogen (secondary N) is 2. The molecule has 0 radical (unpaired) electrons. The van der Waals surface area contributed by atoms with Gasteiger partial charge in [-0.2, -0.15) is 0 Å². The average molecular weight is 579 g/mol. The van der Waals surface area contributed by atoms with E-state index in [1.807, 2.05) is 48.5 Å². The Labute approximate surface area is 250 Å². The summed E-state index contributed by atoms with van der Waals surface area (Å²) in [6, 6.07) is 37.2. The van der Waals surface area contributed by atoms with Gasteiger partial charge in [-0.25, -0.2) is 9.97 Å². The number of hydrogen-bond acceptors (Lipinski definition) is 2. The summed E-state index contributed by atoms with van der Waals surface area (Å²) >= 11 is 14.5. The molecule has 7 aromatic rings. The predicted octanol–water partition coefficient (Wildman–Crippen LogP) is 10.6. The molecule has 0 aliphatic carbocycles. The molecule has 198 valence electrons. The van der Waals surface area contributed by atoms with Crippen molar-refractivity contribution in [1.29, 1.82) is 0 Å². The third-order valence-electron chi connectivity index (χ3n) is 8.29. The molecule has 0 spiro atoms. The van der Waals surface area contributed by atoms with Gasteiger partial charge in [0.15, 0.2) is 0 Å². The van der Waals surface area contributed by atoms with Crippen LogP contribution in [0.1, 0.15) is 0 Å². The first-order valence-electron chi connectivity index (χ1n) is 13.7. The van der Waals surface area contributed by atoms with Crippen LogP contribution in [0.25, 0.3) is 88.6 Å². The SMILES string of the molecule is Clc1c2nc(cc3[nH]c(c(Cl)c4nc(cc5[nH]c1c1ccccc51)-c1ccccc1-4)c1ccccc31)-c1ccccc1-2. The van der Waals surface area contributed by atoms with Gasteiger partial charge >= 0.3 is 0 Å². The Morgan fingerprint density at radius 1 is 0.429 bits per heavy atom. The van der Waals surface area contributed by atoms with Gasteiger partial charge in [-0.1, -0.05) is 120 Å². The van der Waals surface area contributed by atoms with Crippen molar-refractivity contribution in [3.05, 3.63) is 119 Å². The highest BCUT2D eigenvalue weighted by Gasteiger charge is 2.23. The molecule has 0 atom stereocenters. The lowest BCUT2D eigenvalue weighted by molar-refractivity contribution is 1.40. The normalized spacial score (nSPS) is 12.0. The van der Waals surface area contributed by atoms with Gasteiger partial charge in [0.2, 0.25) is 0 Å². The van der Waals surface area contributed by atoms with Crippen molar-refractivity contribution < 1.29 is 0 Å². The van der Waals surface area contributed by atoms with E-state index in [0.717, 1.165) is 88.6 Å². The maximum absolute atomic E-state index is 7.27. The van der Waals surface area contributed by atoms with Gasteiger partial charge in [-0.05, 0) is 12.1 Å². The molecule has 9 rings (SSSR count). The first kappa shape index (κ1) is 23.8. The van der Waals surface area contributed by atoms with Crippen molar-refractivity contribution in [3.8, 4) is 45.0 Å². The molecule has 2 aliphatic heterocycles. The molecule has 0 amide bonds. The number of benzene rings is 4. The summed E-state index contributed by atoms with van der Waals surface area (Å²) in [5, 5.41) is 5.31. The third kappa shape index (κ3) is 3.31. The lowest BCUT2D eigenvalue weighted by Gasteiger charge is -2.00. The topological polar surface area (TPSA) is 57.4 Å². The Kier molecular flexibility index (Phi) is 4.98. The molecule has 8 bridgehead atoms. The van der Waals surface area contributed by atoms with E-state index >= 15 is 0 Å². The molecular weight excluding hydrogens is 559 g/mol. The monoisotopic (exact) mass is 578 g/mol. The van der Waals surface area contributed by atoms with Crippen molar-refractivity contribution >= 4 is 66.8 Å². The Balaban J connectivity index is 1.56. The van der Waals surface area contributed by atoms with Crippen LogP contribution in [0.5, 0.6) is 0 Å². The fourth-order valence-electron chi connectivity index (χ4n) is 6.36. The van der Waals surface area contributed by atoms with Crippen LogP contribution in [0.3, 0.4) is 0 Å². The van der Waals surface area contributed by atoms with Crippen molar-refractivity contribution in [2.24, 2.45) is 0 Å². The molecule has 0 saturated carbocycles. The molecule has 3 aromatic heterocycles. The zero-order valence-corrected chi connectivity index (χ0v) is 23.6. The first-order chi connectivity index (χ1) is 20.7. The Morgan fingerprint density at radius 2 is 0.786 bits per heavy atom. The van der Waals surface area contributed by atoms with E-state index in [1.54, 1.807) is 0 Å². The molecule has 0 saturated heterocycles. The lowest BCUT2D eigenvalue weighted by atomic mass is 10.0. The number of H-pyrrole nitrogens is 2. The number of rotatable bonds is 0. The van der Waals surface area contributed by atoms with Crippen LogP contribution in [-0.4, -0.2) is 19.9 Å². The van der Waals surface area contributed by atoms with Crippen LogP contribution in [0.4, 0.5) is 0 Å². The third-order valence-corrected chi connectivity index (χ3v) is 9.03. The van der Waals surface area contributed by atoms with E-state index in [2.05, 4.69) is 70.6 Å². The van der Waals surface area contributed by atoms with Crippen LogP contribution in [-0.2, 0) is 0 Å². The fourth-order valence-corrected chi connectivity index (χ4v) is 6.94. The quantitative estimate of drug-likeness (QED) is 0.188. The lowest BCUT2D eigenvalue weighted by Crippen LogP contribution is -1.78. The second kappa shape index (κ2) is 8.80. The molecule has 4 nitrogen and oxygen atoms in total. The second-order valence-corrected chi connectivity index (χ2v) is 11.4. The largest absolute Gasteiger partial charge is 0.353 e. The van der Waals surface area contributed by atoms with Gasteiger partial charge in [0, 0.05) is 54.8 Å². The van der Waals surface area contributed by atoms with Gasteiger partial charge < -0.3 is 9.97 Å². The molecule has 6 heteroatoms. The zero-order chi connectivity index (χ0) is 27.9. The van der Waals surface area contributed by atoms with Gasteiger partial charge in [0.1, 0.15) is 0 Å². The standard InChI is InChI=1S/C36H20Cl2N4/c37-31-33-23-13-5-1-9-19(23)27(39-33)17-28-20-10-2-6-14-24(20)35(40-28)32(38)36-26-16-8-4-12-22(26)30(42-36)18-29-21-11-3-7-15-25(21)34(31)41-29/h1-18,39,42H. The maximum Gasteiger partial charge on any atom is 0.0923 e. The van der Waals surface area contributed by atoms with E-state index < -0.39 is 0 Å². The highest BCUT2D eigenvalue weighted by Crippen LogP contribution is 2.44. The van der Waals surface area contributed by atoms with E-state index in [4.69, 9.17) is 33.2 Å². The van der Waals surface area contributed by atoms with Gasteiger partial charge in [-0.15, -0.1) is 0 Å². The Morgan fingerprint density at radius 3 is 1.21 bits per heavy atom. The molecule has 0 fully saturated rings. The number of hydrogen-bond donors (Lipinski definition) is 2. The van der Waals surface area contributed by atoms with Crippen molar-refractivity contribution in [2.45, 2.75) is 0 Å². The van der Waals surface area contributed by atoms with E-state index in [0.29, 0.717) is 10.0 Å². The van der Waals surface area contributed by atoms with E-state index in [-0.39, 0.29) is 0 Å². The second-order valence-electron chi connectivity index (χ2n) is 10.6. The molecule has 4 aromatic carbocycles. The van der Waals surface area contributed by atoms with Gasteiger partial charge in [-0.3, -0.25) is 0 Å². The van der Waals surface area contributed by atoms with Crippen LogP contribution in [0.2, 0.25) is 10.0 Å². The van der Waals surface area contributed by atoms with Crippen molar-refractivity contribution in [1.82, 2.24) is 19.9 Å². The summed E-state index contributed by atoms with van der Waals surface area (Å²) in [6.07, 6.45) is 0. The van der Waals surface area contributed by atoms with Gasteiger partial charge in [0.05, 0.1) is 43.9 Å². The van der Waals surface area contributed by atoms with Crippen LogP contribution in [0, 0.1) is 0 Å². The van der Waals surface area contributed by atoms with Crippen LogP contribution >= 0.6 is 23.2 Å². The molecule has 42 heavy (non-hydrogen) atoms. The molecular formula is C36H20Cl2N4. The fraction of sp³-hybridized carbons (Fsp3) is 0. The van der Waals surface area contributed by atoms with Gasteiger partial charge in [0.25, 0.3) is 0 Å². The average Bonchev–Trinajstić information content (AvgIpc) is 3.79. The van der Waals surface area contributed by atoms with E-state index in [9.17, 15) is 0 Å². The Bertz CT molecular complexity index is 2280. The minimum Gasteiger partial charge on any atom is -0.353 e. The molecule has 2 N–H and O–H groups in total. The van der Waals surface area contributed by atoms with Crippen LogP contribution in [0.15, 0.2) is 109 Å². The molecule has 5 heterocycles. The smallest absolute Gasteiger partial charge is 0.0923 e. The number of nitrogens with zero attached hydrogens (tertiary/aromatic N) is 2. The Hall–Kier alpha value is -4.90. The zero-order valence-electron chi connectivity index (χ0n) is 22.0. The number of aromatic nitrogens is 4. The highest BCUT2D eigenvalue weighted by molar-refractivity contribution is 6.39. The maximum atomic E-state index is 7.27. The molecule has 2 aliphatic rings. The summed E-state index contributed by atoms with van der Waals surface area (Å²) in [4.78, 5) is 17.5. The summed E-state index contributed by atoms with van der Waals surface area (Å²) in [5.41, 5.74) is 10.7. The highest BCUT2D eigenvalue weighted by atomic mass is 35.5. The number of fused-ring (bicyclic) bond motifs is 20. The minimum atomic E-state index is 0.572. The summed E-state index contributed by atoms with van der Waals surface area (Å²) < 4.78 is 0. The number of halogens is 2. The summed E-state index contributed by atoms with van der Waals surface area (Å²) in [7, 11) is 0.